The van der Waals surface area contributed by atoms with Crippen molar-refractivity contribution in [2.45, 2.75) is 17.6 Å². The van der Waals surface area contributed by atoms with Gasteiger partial charge in [0.1, 0.15) is 5.76 Å². The van der Waals surface area contributed by atoms with Crippen LogP contribution in [0, 0.1) is 6.92 Å². The Morgan fingerprint density at radius 1 is 1.37 bits per heavy atom. The van der Waals surface area contributed by atoms with Gasteiger partial charge in [-0.2, -0.15) is 0 Å². The molecule has 0 radical (unpaired) electrons. The Morgan fingerprint density at radius 3 is 2.84 bits per heavy atom. The maximum Gasteiger partial charge on any atom is 0.300 e. The van der Waals surface area contributed by atoms with Crippen LogP contribution >= 0.6 is 11.8 Å². The molecule has 0 saturated carbocycles. The number of hydrogen-bond donors (Lipinski definition) is 3. The van der Waals surface area contributed by atoms with E-state index in [4.69, 9.17) is 16.0 Å². The molecule has 0 unspecified atom stereocenters. The zero-order chi connectivity index (χ0) is 13.8. The van der Waals surface area contributed by atoms with Crippen molar-refractivity contribution in [1.82, 2.24) is 5.43 Å². The number of nitrogens with one attached hydrogen (secondary N) is 1. The van der Waals surface area contributed by atoms with Crippen LogP contribution < -0.4 is 17.0 Å². The fraction of sp³-hybridized carbons (Fsp3) is 0.154. The fourth-order valence-corrected chi connectivity index (χ4v) is 2.43. The summed E-state index contributed by atoms with van der Waals surface area (Å²) in [5.41, 5.74) is 9.62. The summed E-state index contributed by atoms with van der Waals surface area (Å²) in [5, 5.41) is 0. The Hall–Kier alpha value is -1.92. The highest BCUT2D eigenvalue weighted by atomic mass is 32.2. The van der Waals surface area contributed by atoms with Gasteiger partial charge in [0.15, 0.2) is 5.76 Å². The number of furan rings is 1. The number of rotatable bonds is 4. The van der Waals surface area contributed by atoms with Crippen molar-refractivity contribution in [1.29, 1.82) is 0 Å². The maximum absolute atomic E-state index is 11.2. The smallest absolute Gasteiger partial charge is 0.300 e. The van der Waals surface area contributed by atoms with Crippen molar-refractivity contribution in [3.05, 3.63) is 47.4 Å². The van der Waals surface area contributed by atoms with Crippen LogP contribution in [0.5, 0.6) is 0 Å². The van der Waals surface area contributed by atoms with Crippen LogP contribution in [0.3, 0.4) is 0 Å². The van der Waals surface area contributed by atoms with E-state index in [0.717, 1.165) is 21.9 Å². The molecule has 100 valence electrons. The monoisotopic (exact) mass is 277 g/mol. The largest absolute Gasteiger partial charge is 0.455 e. The van der Waals surface area contributed by atoms with Crippen molar-refractivity contribution in [3.8, 4) is 0 Å². The Kier molecular flexibility index (Phi) is 4.13. The Labute approximate surface area is 115 Å². The summed E-state index contributed by atoms with van der Waals surface area (Å²) in [7, 11) is 0. The summed E-state index contributed by atoms with van der Waals surface area (Å²) in [5.74, 6) is 6.18. The van der Waals surface area contributed by atoms with Crippen LogP contribution in [0.1, 0.15) is 21.9 Å². The highest BCUT2D eigenvalue weighted by Gasteiger charge is 2.09. The van der Waals surface area contributed by atoms with Gasteiger partial charge in [-0.3, -0.25) is 10.2 Å². The molecular weight excluding hydrogens is 262 g/mol. The Morgan fingerprint density at radius 2 is 2.16 bits per heavy atom. The molecule has 0 spiro atoms. The van der Waals surface area contributed by atoms with Gasteiger partial charge >= 0.3 is 5.91 Å². The topological polar surface area (TPSA) is 94.3 Å². The van der Waals surface area contributed by atoms with Gasteiger partial charge in [0.25, 0.3) is 0 Å². The minimum absolute atomic E-state index is 0.214. The SMILES string of the molecule is Cc1cc(SCc2ccc(C(=O)NN)o2)ccc1N. The molecule has 1 amide bonds. The number of carbonyl (C=O) groups is 1. The quantitative estimate of drug-likeness (QED) is 0.261. The molecule has 0 aliphatic carbocycles. The van der Waals surface area contributed by atoms with Gasteiger partial charge in [0, 0.05) is 10.6 Å². The van der Waals surface area contributed by atoms with Gasteiger partial charge in [-0.1, -0.05) is 0 Å². The van der Waals surface area contributed by atoms with Gasteiger partial charge in [-0.15, -0.1) is 11.8 Å². The predicted molar refractivity (Wildman–Crippen MR) is 75.5 cm³/mol. The minimum Gasteiger partial charge on any atom is -0.455 e. The molecule has 0 bridgehead atoms. The van der Waals surface area contributed by atoms with Crippen molar-refractivity contribution in [3.63, 3.8) is 0 Å². The number of nitrogen functional groups attached to an aromatic ring is 2. The second-order valence-corrected chi connectivity index (χ2v) is 5.10. The van der Waals surface area contributed by atoms with E-state index in [-0.39, 0.29) is 5.76 Å². The molecule has 0 aliphatic rings. The molecule has 6 heteroatoms. The third-order valence-corrected chi connectivity index (χ3v) is 3.66. The number of anilines is 1. The van der Waals surface area contributed by atoms with E-state index in [1.54, 1.807) is 23.9 Å². The maximum atomic E-state index is 11.2. The average molecular weight is 277 g/mol. The third kappa shape index (κ3) is 3.30. The molecule has 0 aliphatic heterocycles. The van der Waals surface area contributed by atoms with Gasteiger partial charge in [-0.25, -0.2) is 5.84 Å². The number of amides is 1. The molecule has 1 aromatic carbocycles. The van der Waals surface area contributed by atoms with Gasteiger partial charge in [-0.05, 0) is 42.8 Å². The molecule has 19 heavy (non-hydrogen) atoms. The first-order valence-electron chi connectivity index (χ1n) is 5.68. The van der Waals surface area contributed by atoms with Gasteiger partial charge < -0.3 is 10.2 Å². The van der Waals surface area contributed by atoms with Crippen molar-refractivity contribution in [2.75, 3.05) is 5.73 Å². The number of hydrazine groups is 1. The van der Waals surface area contributed by atoms with E-state index in [9.17, 15) is 4.79 Å². The summed E-state index contributed by atoms with van der Waals surface area (Å²) in [4.78, 5) is 12.3. The van der Waals surface area contributed by atoms with Crippen molar-refractivity contribution >= 4 is 23.4 Å². The molecule has 5 nitrogen and oxygen atoms in total. The average Bonchev–Trinajstić information content (AvgIpc) is 2.88. The fourth-order valence-electron chi connectivity index (χ4n) is 1.54. The van der Waals surface area contributed by atoms with Crippen LogP contribution in [-0.4, -0.2) is 5.91 Å². The Bertz CT molecular complexity index is 595. The first kappa shape index (κ1) is 13.5. The van der Waals surface area contributed by atoms with Crippen molar-refractivity contribution < 1.29 is 9.21 Å². The molecule has 2 rings (SSSR count). The lowest BCUT2D eigenvalue weighted by atomic mass is 10.2. The summed E-state index contributed by atoms with van der Waals surface area (Å²) >= 11 is 1.62. The standard InChI is InChI=1S/C13H15N3O2S/c1-8-6-10(3-4-11(8)14)19-7-9-2-5-12(18-9)13(17)16-15/h2-6H,7,14-15H2,1H3,(H,16,17). The molecule has 0 saturated heterocycles. The lowest BCUT2D eigenvalue weighted by Gasteiger charge is -2.03. The van der Waals surface area contributed by atoms with Gasteiger partial charge in [0.05, 0.1) is 5.75 Å². The number of benzene rings is 1. The van der Waals surface area contributed by atoms with Crippen LogP contribution in [0.25, 0.3) is 0 Å². The number of thioether (sulfide) groups is 1. The molecule has 0 atom stereocenters. The molecule has 2 aromatic rings. The van der Waals surface area contributed by atoms with E-state index in [2.05, 4.69) is 0 Å². The highest BCUT2D eigenvalue weighted by Crippen LogP contribution is 2.26. The van der Waals surface area contributed by atoms with Crippen LogP contribution in [0.15, 0.2) is 39.6 Å². The van der Waals surface area contributed by atoms with Gasteiger partial charge in [0.2, 0.25) is 0 Å². The molecule has 1 heterocycles. The van der Waals surface area contributed by atoms with E-state index in [0.29, 0.717) is 5.75 Å². The summed E-state index contributed by atoms with van der Waals surface area (Å²) < 4.78 is 5.37. The predicted octanol–water partition coefficient (Wildman–Crippen LogP) is 2.07. The second kappa shape index (κ2) is 5.81. The lowest BCUT2D eigenvalue weighted by Crippen LogP contribution is -2.29. The molecule has 5 N–H and O–H groups in total. The first-order chi connectivity index (χ1) is 9.10. The molecule has 1 aromatic heterocycles. The zero-order valence-electron chi connectivity index (χ0n) is 10.5. The van der Waals surface area contributed by atoms with Crippen molar-refractivity contribution in [2.24, 2.45) is 5.84 Å². The minimum atomic E-state index is -0.431. The van der Waals surface area contributed by atoms with E-state index < -0.39 is 5.91 Å². The summed E-state index contributed by atoms with van der Waals surface area (Å²) in [6, 6.07) is 9.24. The Balaban J connectivity index is 2.00. The second-order valence-electron chi connectivity index (χ2n) is 4.05. The van der Waals surface area contributed by atoms with Crippen LogP contribution in [0.2, 0.25) is 0 Å². The molecular formula is C13H15N3O2S. The van der Waals surface area contributed by atoms with E-state index in [1.807, 2.05) is 30.5 Å². The lowest BCUT2D eigenvalue weighted by molar-refractivity contribution is 0.0924. The zero-order valence-corrected chi connectivity index (χ0v) is 11.3. The van der Waals surface area contributed by atoms with E-state index >= 15 is 0 Å². The summed E-state index contributed by atoms with van der Waals surface area (Å²) in [6.45, 7) is 1.97. The molecule has 0 fully saturated rings. The van der Waals surface area contributed by atoms with Crippen LogP contribution in [-0.2, 0) is 5.75 Å². The number of hydrogen-bond acceptors (Lipinski definition) is 5. The first-order valence-corrected chi connectivity index (χ1v) is 6.67. The number of nitrogens with two attached hydrogens (primary N) is 2. The van der Waals surface area contributed by atoms with Crippen LogP contribution in [0.4, 0.5) is 5.69 Å². The third-order valence-electron chi connectivity index (χ3n) is 2.64. The van der Waals surface area contributed by atoms with E-state index in [1.165, 1.54) is 0 Å². The summed E-state index contributed by atoms with van der Waals surface area (Å²) in [6.07, 6.45) is 0. The normalized spacial score (nSPS) is 10.4. The number of carbonyl (C=O) groups excluding carboxylic acids is 1. The highest BCUT2D eigenvalue weighted by molar-refractivity contribution is 7.98. The number of aryl methyl sites for hydroxylation is 1.